The number of hydrogen-bond donors (Lipinski definition) is 2. The first-order valence-corrected chi connectivity index (χ1v) is 7.20. The predicted octanol–water partition coefficient (Wildman–Crippen LogP) is 1.63. The number of aromatic nitrogens is 2. The zero-order valence-electron chi connectivity index (χ0n) is 11.0. The number of nitrogens with one attached hydrogen (secondary N) is 1. The van der Waals surface area contributed by atoms with Crippen LogP contribution in [-0.4, -0.2) is 33.8 Å². The van der Waals surface area contributed by atoms with Crippen LogP contribution < -0.4 is 5.32 Å². The lowest BCUT2D eigenvalue weighted by atomic mass is 10.0. The monoisotopic (exact) mass is 271 g/mol. The van der Waals surface area contributed by atoms with Crippen molar-refractivity contribution in [2.24, 2.45) is 5.92 Å². The summed E-state index contributed by atoms with van der Waals surface area (Å²) in [6.07, 6.45) is 3.52. The molecule has 0 aliphatic carbocycles. The Morgan fingerprint density at radius 3 is 2.83 bits per heavy atom. The van der Waals surface area contributed by atoms with Gasteiger partial charge in [0.25, 0.3) is 5.91 Å². The van der Waals surface area contributed by atoms with Gasteiger partial charge in [0, 0.05) is 13.2 Å². The fourth-order valence-electron chi connectivity index (χ4n) is 1.87. The second-order valence-corrected chi connectivity index (χ2v) is 5.03. The summed E-state index contributed by atoms with van der Waals surface area (Å²) in [5.41, 5.74) is 0.756. The van der Waals surface area contributed by atoms with Gasteiger partial charge in [0.2, 0.25) is 0 Å². The van der Waals surface area contributed by atoms with Crippen LogP contribution in [0.5, 0.6) is 0 Å². The second kappa shape index (κ2) is 8.16. The fourth-order valence-corrected chi connectivity index (χ4v) is 2.54. The van der Waals surface area contributed by atoms with Crippen molar-refractivity contribution in [3.8, 4) is 0 Å². The first-order chi connectivity index (χ1) is 8.72. The van der Waals surface area contributed by atoms with Crippen LogP contribution >= 0.6 is 11.5 Å². The molecule has 6 heteroatoms. The maximum atomic E-state index is 12.0. The molecule has 1 aromatic heterocycles. The van der Waals surface area contributed by atoms with Gasteiger partial charge in [-0.3, -0.25) is 4.79 Å². The Hall–Kier alpha value is -1.01. The zero-order valence-corrected chi connectivity index (χ0v) is 11.8. The first-order valence-electron chi connectivity index (χ1n) is 6.43. The third-order valence-electron chi connectivity index (χ3n) is 2.88. The minimum absolute atomic E-state index is 0.0964. The van der Waals surface area contributed by atoms with Gasteiger partial charge in [-0.1, -0.05) is 24.8 Å². The molecule has 0 saturated carbocycles. The van der Waals surface area contributed by atoms with Gasteiger partial charge in [-0.25, -0.2) is 0 Å². The summed E-state index contributed by atoms with van der Waals surface area (Å²) >= 11 is 1.14. The summed E-state index contributed by atoms with van der Waals surface area (Å²) < 4.78 is 3.80. The van der Waals surface area contributed by atoms with Gasteiger partial charge < -0.3 is 10.4 Å². The molecule has 2 N–H and O–H groups in total. The van der Waals surface area contributed by atoms with Crippen molar-refractivity contribution in [1.29, 1.82) is 0 Å². The SMILES string of the molecule is CCCC(CCO)CNC(=O)c1snnc1CC. The molecule has 18 heavy (non-hydrogen) atoms. The zero-order chi connectivity index (χ0) is 13.4. The van der Waals surface area contributed by atoms with Crippen LogP contribution in [0.3, 0.4) is 0 Å². The molecule has 0 spiro atoms. The van der Waals surface area contributed by atoms with Crippen molar-refractivity contribution in [3.05, 3.63) is 10.6 Å². The highest BCUT2D eigenvalue weighted by Crippen LogP contribution is 2.13. The van der Waals surface area contributed by atoms with Gasteiger partial charge in [0.15, 0.2) is 0 Å². The number of aryl methyl sites for hydroxylation is 1. The number of hydrogen-bond acceptors (Lipinski definition) is 5. The summed E-state index contributed by atoms with van der Waals surface area (Å²) in [4.78, 5) is 12.6. The highest BCUT2D eigenvalue weighted by Gasteiger charge is 2.16. The van der Waals surface area contributed by atoms with E-state index in [1.807, 2.05) is 6.92 Å². The van der Waals surface area contributed by atoms with E-state index in [-0.39, 0.29) is 12.5 Å². The maximum absolute atomic E-state index is 12.0. The number of nitrogens with zero attached hydrogens (tertiary/aromatic N) is 2. The van der Waals surface area contributed by atoms with Crippen molar-refractivity contribution >= 4 is 17.4 Å². The molecule has 5 nitrogen and oxygen atoms in total. The van der Waals surface area contributed by atoms with Crippen molar-refractivity contribution in [1.82, 2.24) is 14.9 Å². The van der Waals surface area contributed by atoms with Gasteiger partial charge in [-0.2, -0.15) is 0 Å². The summed E-state index contributed by atoms with van der Waals surface area (Å²) in [6, 6.07) is 0. The average molecular weight is 271 g/mol. The average Bonchev–Trinajstić information content (AvgIpc) is 2.84. The standard InChI is InChI=1S/C12H21N3O2S/c1-3-5-9(6-7-16)8-13-12(17)11-10(4-2)14-15-18-11/h9,16H,3-8H2,1-2H3,(H,13,17). The summed E-state index contributed by atoms with van der Waals surface area (Å²) in [5, 5.41) is 15.8. The Bertz CT molecular complexity index is 362. The molecule has 0 aliphatic heterocycles. The Morgan fingerprint density at radius 2 is 2.22 bits per heavy atom. The van der Waals surface area contributed by atoms with E-state index in [0.717, 1.165) is 36.5 Å². The van der Waals surface area contributed by atoms with Crippen LogP contribution in [0.4, 0.5) is 0 Å². The second-order valence-electron chi connectivity index (χ2n) is 4.28. The molecule has 1 rings (SSSR count). The number of aliphatic hydroxyl groups excluding tert-OH is 1. The highest BCUT2D eigenvalue weighted by atomic mass is 32.1. The van der Waals surface area contributed by atoms with Crippen LogP contribution in [0, 0.1) is 5.92 Å². The van der Waals surface area contributed by atoms with E-state index in [9.17, 15) is 4.79 Å². The summed E-state index contributed by atoms with van der Waals surface area (Å²) in [5.74, 6) is 0.246. The quantitative estimate of drug-likeness (QED) is 0.753. The third-order valence-corrected chi connectivity index (χ3v) is 3.65. The molecule has 0 aromatic carbocycles. The van der Waals surface area contributed by atoms with Gasteiger partial charge in [0.05, 0.1) is 5.69 Å². The van der Waals surface area contributed by atoms with Crippen molar-refractivity contribution in [2.75, 3.05) is 13.2 Å². The number of carbonyl (C=O) groups excluding carboxylic acids is 1. The van der Waals surface area contributed by atoms with Crippen molar-refractivity contribution in [2.45, 2.75) is 39.5 Å². The van der Waals surface area contributed by atoms with E-state index >= 15 is 0 Å². The molecule has 0 fully saturated rings. The largest absolute Gasteiger partial charge is 0.396 e. The molecule has 1 amide bonds. The van der Waals surface area contributed by atoms with Gasteiger partial charge in [0.1, 0.15) is 4.88 Å². The molecule has 1 atom stereocenters. The lowest BCUT2D eigenvalue weighted by Crippen LogP contribution is -2.29. The van der Waals surface area contributed by atoms with Crippen LogP contribution in [0.2, 0.25) is 0 Å². The smallest absolute Gasteiger partial charge is 0.264 e. The molecule has 0 radical (unpaired) electrons. The predicted molar refractivity (Wildman–Crippen MR) is 71.7 cm³/mol. The van der Waals surface area contributed by atoms with Crippen LogP contribution in [0.1, 0.15) is 48.5 Å². The molecule has 0 aliphatic rings. The molecule has 0 bridgehead atoms. The van der Waals surface area contributed by atoms with Crippen LogP contribution in [0.25, 0.3) is 0 Å². The van der Waals surface area contributed by atoms with E-state index in [1.165, 1.54) is 0 Å². The molecule has 1 aromatic rings. The maximum Gasteiger partial charge on any atom is 0.264 e. The molecule has 1 heterocycles. The topological polar surface area (TPSA) is 75.1 Å². The lowest BCUT2D eigenvalue weighted by molar-refractivity contribution is 0.0946. The third kappa shape index (κ3) is 4.34. The molecule has 1 unspecified atom stereocenters. The Morgan fingerprint density at radius 1 is 1.44 bits per heavy atom. The van der Waals surface area contributed by atoms with Gasteiger partial charge >= 0.3 is 0 Å². The first kappa shape index (κ1) is 15.0. The number of amides is 1. The van der Waals surface area contributed by atoms with E-state index in [4.69, 9.17) is 5.11 Å². The highest BCUT2D eigenvalue weighted by molar-refractivity contribution is 7.08. The van der Waals surface area contributed by atoms with Gasteiger partial charge in [-0.15, -0.1) is 5.10 Å². The van der Waals surface area contributed by atoms with Gasteiger partial charge in [-0.05, 0) is 36.7 Å². The van der Waals surface area contributed by atoms with Crippen molar-refractivity contribution in [3.63, 3.8) is 0 Å². The van der Waals surface area contributed by atoms with E-state index in [0.29, 0.717) is 23.8 Å². The Kier molecular flexibility index (Phi) is 6.82. The molecule has 0 saturated heterocycles. The number of carbonyl (C=O) groups is 1. The van der Waals surface area contributed by atoms with Crippen LogP contribution in [0.15, 0.2) is 0 Å². The van der Waals surface area contributed by atoms with Crippen LogP contribution in [-0.2, 0) is 6.42 Å². The molecule has 102 valence electrons. The van der Waals surface area contributed by atoms with E-state index in [1.54, 1.807) is 0 Å². The molecular weight excluding hydrogens is 250 g/mol. The van der Waals surface area contributed by atoms with E-state index < -0.39 is 0 Å². The number of aliphatic hydroxyl groups is 1. The lowest BCUT2D eigenvalue weighted by Gasteiger charge is -2.15. The summed E-state index contributed by atoms with van der Waals surface area (Å²) in [6.45, 7) is 4.84. The Balaban J connectivity index is 2.49. The fraction of sp³-hybridized carbons (Fsp3) is 0.750. The summed E-state index contributed by atoms with van der Waals surface area (Å²) in [7, 11) is 0. The normalized spacial score (nSPS) is 12.4. The Labute approximate surface area is 112 Å². The number of rotatable bonds is 8. The van der Waals surface area contributed by atoms with Crippen molar-refractivity contribution < 1.29 is 9.90 Å². The molecular formula is C12H21N3O2S. The minimum Gasteiger partial charge on any atom is -0.396 e. The minimum atomic E-state index is -0.0964. The van der Waals surface area contributed by atoms with E-state index in [2.05, 4.69) is 21.8 Å².